The van der Waals surface area contributed by atoms with E-state index in [0.717, 1.165) is 25.7 Å². The molecule has 0 saturated carbocycles. The summed E-state index contributed by atoms with van der Waals surface area (Å²) in [5.41, 5.74) is 11.1. The Morgan fingerprint density at radius 3 is 2.23 bits per heavy atom. The van der Waals surface area contributed by atoms with Crippen molar-refractivity contribution >= 4 is 61.5 Å². The number of fused-ring (bicyclic) bond motifs is 7. The van der Waals surface area contributed by atoms with E-state index < -0.39 is 0 Å². The molecule has 1 aliphatic carbocycles. The van der Waals surface area contributed by atoms with Crippen LogP contribution >= 0.6 is 0 Å². The Balaban J connectivity index is 1.63. The average Bonchev–Trinajstić information content (AvgIpc) is 3.40. The molecular formula is C42H38N2. The highest BCUT2D eigenvalue weighted by Gasteiger charge is 2.23. The molecule has 1 unspecified atom stereocenters. The standard InChI is InChI=1S/C42H38N2/c1-5-8-18-30(7-3)42(29(4)17-6-2)44-39-25-15-13-23-34(39)36-27-40-35(28-41(36)44)33-22-12-14-24-38(33)43(40)37-26-16-20-31-19-10-9-11-21-32(31)37/h5-7,10-16,19-29H,1-3,8-9,17-18H2,4H3/b42-30+. The second kappa shape index (κ2) is 11.5. The third-order valence-corrected chi connectivity index (χ3v) is 9.10. The minimum atomic E-state index is 0.265. The molecule has 0 radical (unpaired) electrons. The van der Waals surface area contributed by atoms with Crippen LogP contribution in [0.15, 0.2) is 135 Å². The molecule has 1 atom stereocenters. The second-order valence-corrected chi connectivity index (χ2v) is 11.8. The summed E-state index contributed by atoms with van der Waals surface area (Å²) in [6.07, 6.45) is 18.8. The molecule has 4 aromatic carbocycles. The predicted octanol–water partition coefficient (Wildman–Crippen LogP) is 11.9. The van der Waals surface area contributed by atoms with Gasteiger partial charge in [0.25, 0.3) is 0 Å². The van der Waals surface area contributed by atoms with Crippen LogP contribution in [0.3, 0.4) is 0 Å². The van der Waals surface area contributed by atoms with Crippen LogP contribution in [0, 0.1) is 5.92 Å². The molecule has 2 nitrogen and oxygen atoms in total. The second-order valence-electron chi connectivity index (χ2n) is 11.8. The van der Waals surface area contributed by atoms with E-state index in [1.807, 2.05) is 18.2 Å². The van der Waals surface area contributed by atoms with Gasteiger partial charge in [-0.2, -0.15) is 0 Å². The molecule has 216 valence electrons. The van der Waals surface area contributed by atoms with Gasteiger partial charge in [-0.3, -0.25) is 0 Å². The van der Waals surface area contributed by atoms with E-state index >= 15 is 0 Å². The fourth-order valence-corrected chi connectivity index (χ4v) is 7.14. The summed E-state index contributed by atoms with van der Waals surface area (Å²) in [6.45, 7) is 14.7. The summed E-state index contributed by atoms with van der Waals surface area (Å²) >= 11 is 0. The van der Waals surface area contributed by atoms with Crippen molar-refractivity contribution in [2.24, 2.45) is 5.92 Å². The van der Waals surface area contributed by atoms with Gasteiger partial charge in [0.2, 0.25) is 0 Å². The van der Waals surface area contributed by atoms with E-state index in [2.05, 4.69) is 139 Å². The fourth-order valence-electron chi connectivity index (χ4n) is 7.14. The molecule has 0 aliphatic heterocycles. The van der Waals surface area contributed by atoms with Gasteiger partial charge in [-0.05, 0) is 67.2 Å². The minimum Gasteiger partial charge on any atom is -0.312 e. The van der Waals surface area contributed by atoms with Gasteiger partial charge in [-0.15, -0.1) is 13.2 Å². The van der Waals surface area contributed by atoms with Crippen molar-refractivity contribution in [1.82, 2.24) is 9.13 Å². The Hall–Kier alpha value is -5.08. The molecular weight excluding hydrogens is 532 g/mol. The summed E-state index contributed by atoms with van der Waals surface area (Å²) < 4.78 is 4.97. The Kier molecular flexibility index (Phi) is 7.28. The molecule has 0 bridgehead atoms. The highest BCUT2D eigenvalue weighted by atomic mass is 15.0. The van der Waals surface area contributed by atoms with Crippen molar-refractivity contribution in [1.29, 1.82) is 0 Å². The zero-order valence-corrected chi connectivity index (χ0v) is 25.5. The van der Waals surface area contributed by atoms with E-state index in [1.165, 1.54) is 71.7 Å². The number of allylic oxidation sites excluding steroid dienone is 7. The monoisotopic (exact) mass is 570 g/mol. The van der Waals surface area contributed by atoms with Crippen molar-refractivity contribution < 1.29 is 0 Å². The summed E-state index contributed by atoms with van der Waals surface area (Å²) in [4.78, 5) is 0. The van der Waals surface area contributed by atoms with E-state index in [1.54, 1.807) is 0 Å². The number of para-hydroxylation sites is 2. The third kappa shape index (κ3) is 4.41. The molecule has 0 N–H and O–H groups in total. The normalized spacial score (nSPS) is 14.1. The Labute approximate surface area is 259 Å². The molecule has 0 amide bonds. The number of nitrogens with zero attached hydrogens (tertiary/aromatic N) is 2. The van der Waals surface area contributed by atoms with Gasteiger partial charge in [0.15, 0.2) is 0 Å². The lowest BCUT2D eigenvalue weighted by Crippen LogP contribution is -2.09. The maximum atomic E-state index is 4.27. The Bertz CT molecular complexity index is 2190. The van der Waals surface area contributed by atoms with Crippen molar-refractivity contribution in [2.75, 3.05) is 0 Å². The topological polar surface area (TPSA) is 9.86 Å². The molecule has 0 fully saturated rings. The van der Waals surface area contributed by atoms with Crippen LogP contribution < -0.4 is 0 Å². The summed E-state index contributed by atoms with van der Waals surface area (Å²) in [5.74, 6) is 0.265. The lowest BCUT2D eigenvalue weighted by atomic mass is 9.95. The Morgan fingerprint density at radius 2 is 1.45 bits per heavy atom. The predicted molar refractivity (Wildman–Crippen MR) is 193 cm³/mol. The molecule has 1 aliphatic rings. The van der Waals surface area contributed by atoms with Gasteiger partial charge >= 0.3 is 0 Å². The highest BCUT2D eigenvalue weighted by Crippen LogP contribution is 2.42. The number of rotatable bonds is 9. The molecule has 2 heterocycles. The van der Waals surface area contributed by atoms with Crippen LogP contribution in [0.4, 0.5) is 0 Å². The smallest absolute Gasteiger partial charge is 0.0549 e. The van der Waals surface area contributed by atoms with Gasteiger partial charge in [0, 0.05) is 38.7 Å². The first-order chi connectivity index (χ1) is 21.7. The number of benzene rings is 4. The van der Waals surface area contributed by atoms with Gasteiger partial charge < -0.3 is 9.13 Å². The van der Waals surface area contributed by atoms with Crippen molar-refractivity contribution in [2.45, 2.75) is 32.6 Å². The number of hydrogen-bond donors (Lipinski definition) is 0. The fraction of sp³-hybridized carbons (Fsp3) is 0.143. The van der Waals surface area contributed by atoms with Gasteiger partial charge in [0.05, 0.1) is 27.8 Å². The summed E-state index contributed by atoms with van der Waals surface area (Å²) in [5, 5.41) is 5.02. The summed E-state index contributed by atoms with van der Waals surface area (Å²) in [7, 11) is 0. The van der Waals surface area contributed by atoms with E-state index in [0.29, 0.717) is 0 Å². The maximum absolute atomic E-state index is 4.27. The molecule has 2 aromatic heterocycles. The van der Waals surface area contributed by atoms with Gasteiger partial charge in [-0.25, -0.2) is 0 Å². The van der Waals surface area contributed by atoms with Crippen LogP contribution in [0.5, 0.6) is 0 Å². The molecule has 0 saturated heterocycles. The molecule has 7 rings (SSSR count). The zero-order chi connectivity index (χ0) is 30.2. The van der Waals surface area contributed by atoms with Crippen LogP contribution in [0.25, 0.3) is 67.1 Å². The van der Waals surface area contributed by atoms with E-state index in [9.17, 15) is 0 Å². The van der Waals surface area contributed by atoms with Crippen molar-refractivity contribution in [3.8, 4) is 5.69 Å². The summed E-state index contributed by atoms with van der Waals surface area (Å²) in [6, 6.07) is 29.2. The minimum absolute atomic E-state index is 0.265. The van der Waals surface area contributed by atoms with Gasteiger partial charge in [0.1, 0.15) is 0 Å². The first-order valence-corrected chi connectivity index (χ1v) is 15.7. The first kappa shape index (κ1) is 27.7. The Morgan fingerprint density at radius 1 is 0.750 bits per heavy atom. The van der Waals surface area contributed by atoms with E-state index in [-0.39, 0.29) is 5.92 Å². The largest absolute Gasteiger partial charge is 0.312 e. The van der Waals surface area contributed by atoms with Crippen molar-refractivity contribution in [3.05, 3.63) is 146 Å². The lowest BCUT2D eigenvalue weighted by molar-refractivity contribution is 0.723. The highest BCUT2D eigenvalue weighted by molar-refractivity contribution is 6.19. The zero-order valence-electron chi connectivity index (χ0n) is 25.5. The maximum Gasteiger partial charge on any atom is 0.0549 e. The van der Waals surface area contributed by atoms with Crippen LogP contribution in [-0.4, -0.2) is 9.13 Å². The molecule has 0 spiro atoms. The van der Waals surface area contributed by atoms with Crippen LogP contribution in [0.1, 0.15) is 43.7 Å². The SMILES string of the molecule is C=CCC/C(C=C)=C(\C(C)CC=C)n1c2ccccc2c2cc3c(cc21)c1ccccc1n3-c1cccc2c1C=CCC=C2. The van der Waals surface area contributed by atoms with Crippen LogP contribution in [-0.2, 0) is 0 Å². The third-order valence-electron chi connectivity index (χ3n) is 9.10. The molecule has 2 heteroatoms. The molecule has 6 aromatic rings. The van der Waals surface area contributed by atoms with Gasteiger partial charge in [-0.1, -0.05) is 105 Å². The van der Waals surface area contributed by atoms with E-state index in [4.69, 9.17) is 0 Å². The van der Waals surface area contributed by atoms with Crippen LogP contribution in [0.2, 0.25) is 0 Å². The lowest BCUT2D eigenvalue weighted by Gasteiger charge is -2.22. The van der Waals surface area contributed by atoms with Crippen molar-refractivity contribution in [3.63, 3.8) is 0 Å². The molecule has 44 heavy (non-hydrogen) atoms. The average molecular weight is 571 g/mol. The number of aromatic nitrogens is 2. The first-order valence-electron chi connectivity index (χ1n) is 15.7. The quantitative estimate of drug-likeness (QED) is 0.121. The number of hydrogen-bond acceptors (Lipinski definition) is 0.